The summed E-state index contributed by atoms with van der Waals surface area (Å²) < 4.78 is 0. The fourth-order valence-electron chi connectivity index (χ4n) is 1.32. The Bertz CT molecular complexity index is 479. The van der Waals surface area contributed by atoms with Crippen molar-refractivity contribution >= 4 is 18.0 Å². The molecule has 1 aromatic carbocycles. The maximum absolute atomic E-state index is 10.5. The second-order valence-electron chi connectivity index (χ2n) is 3.20. The second-order valence-corrected chi connectivity index (χ2v) is 3.97. The minimum absolute atomic E-state index is 0.672. The Kier molecular flexibility index (Phi) is 3.31. The van der Waals surface area contributed by atoms with Gasteiger partial charge in [-0.25, -0.2) is 9.97 Å². The largest absolute Gasteiger partial charge is 0.298 e. The molecule has 0 spiro atoms. The molecule has 2 aromatic rings. The summed E-state index contributed by atoms with van der Waals surface area (Å²) in [7, 11) is 0. The summed E-state index contributed by atoms with van der Waals surface area (Å²) in [6, 6.07) is 7.35. The quantitative estimate of drug-likeness (QED) is 0.462. The Labute approximate surface area is 97.9 Å². The monoisotopic (exact) mass is 230 g/mol. The van der Waals surface area contributed by atoms with E-state index in [2.05, 4.69) is 9.97 Å². The van der Waals surface area contributed by atoms with Crippen molar-refractivity contribution in [1.29, 1.82) is 0 Å². The molecule has 2 rings (SSSR count). The van der Waals surface area contributed by atoms with Gasteiger partial charge in [-0.15, -0.1) is 0 Å². The SMILES string of the molecule is CSc1ncc(-c2ccc(C=O)cc2)cn1. The fraction of sp³-hybridized carbons (Fsp3) is 0.0833. The van der Waals surface area contributed by atoms with Crippen LogP contribution in [0.25, 0.3) is 11.1 Å². The molecule has 0 fully saturated rings. The molecule has 0 aliphatic heterocycles. The molecule has 1 aromatic heterocycles. The van der Waals surface area contributed by atoms with Crippen molar-refractivity contribution in [3.05, 3.63) is 42.2 Å². The molecule has 3 nitrogen and oxygen atoms in total. The molecule has 0 aliphatic carbocycles. The van der Waals surface area contributed by atoms with E-state index in [-0.39, 0.29) is 0 Å². The van der Waals surface area contributed by atoms with Gasteiger partial charge in [0, 0.05) is 23.5 Å². The number of nitrogens with zero attached hydrogens (tertiary/aromatic N) is 2. The van der Waals surface area contributed by atoms with Crippen LogP contribution in [0.5, 0.6) is 0 Å². The number of thioether (sulfide) groups is 1. The van der Waals surface area contributed by atoms with Crippen LogP contribution in [0.1, 0.15) is 10.4 Å². The van der Waals surface area contributed by atoms with Crippen LogP contribution in [0.15, 0.2) is 41.8 Å². The van der Waals surface area contributed by atoms with E-state index in [0.29, 0.717) is 5.56 Å². The van der Waals surface area contributed by atoms with E-state index in [1.165, 1.54) is 11.8 Å². The first-order valence-electron chi connectivity index (χ1n) is 4.75. The molecule has 0 saturated heterocycles. The van der Waals surface area contributed by atoms with Gasteiger partial charge in [0.2, 0.25) is 0 Å². The molecule has 0 unspecified atom stereocenters. The van der Waals surface area contributed by atoms with Crippen molar-refractivity contribution in [2.45, 2.75) is 5.16 Å². The van der Waals surface area contributed by atoms with Crippen molar-refractivity contribution in [3.63, 3.8) is 0 Å². The lowest BCUT2D eigenvalue weighted by Crippen LogP contribution is -1.87. The molecule has 0 N–H and O–H groups in total. The maximum Gasteiger partial charge on any atom is 0.187 e. The highest BCUT2D eigenvalue weighted by molar-refractivity contribution is 7.98. The molecule has 0 aliphatic rings. The predicted molar refractivity (Wildman–Crippen MR) is 64.6 cm³/mol. The summed E-state index contributed by atoms with van der Waals surface area (Å²) in [5.41, 5.74) is 2.64. The summed E-state index contributed by atoms with van der Waals surface area (Å²) in [4.78, 5) is 18.9. The average molecular weight is 230 g/mol. The van der Waals surface area contributed by atoms with E-state index in [1.807, 2.05) is 18.4 Å². The van der Waals surface area contributed by atoms with Gasteiger partial charge in [-0.05, 0) is 11.8 Å². The van der Waals surface area contributed by atoms with Crippen LogP contribution >= 0.6 is 11.8 Å². The lowest BCUT2D eigenvalue weighted by atomic mass is 10.1. The van der Waals surface area contributed by atoms with Crippen molar-refractivity contribution in [2.24, 2.45) is 0 Å². The third kappa shape index (κ3) is 2.28. The topological polar surface area (TPSA) is 42.9 Å². The Hall–Kier alpha value is -1.68. The van der Waals surface area contributed by atoms with Crippen LogP contribution in [-0.2, 0) is 0 Å². The van der Waals surface area contributed by atoms with E-state index in [1.54, 1.807) is 24.5 Å². The number of benzene rings is 1. The van der Waals surface area contributed by atoms with Crippen LogP contribution in [0, 0.1) is 0 Å². The molecule has 0 atom stereocenters. The van der Waals surface area contributed by atoms with Gasteiger partial charge in [-0.1, -0.05) is 36.0 Å². The van der Waals surface area contributed by atoms with Gasteiger partial charge in [-0.3, -0.25) is 4.79 Å². The fourth-order valence-corrected chi connectivity index (χ4v) is 1.64. The first-order chi connectivity index (χ1) is 7.83. The van der Waals surface area contributed by atoms with Crippen molar-refractivity contribution in [1.82, 2.24) is 9.97 Å². The van der Waals surface area contributed by atoms with Gasteiger partial charge < -0.3 is 0 Å². The number of carbonyl (C=O) groups is 1. The molecule has 80 valence electrons. The first kappa shape index (κ1) is 10.8. The maximum atomic E-state index is 10.5. The van der Waals surface area contributed by atoms with Crippen LogP contribution < -0.4 is 0 Å². The number of hydrogen-bond donors (Lipinski definition) is 0. The molecule has 0 bridgehead atoms. The summed E-state index contributed by atoms with van der Waals surface area (Å²) in [5.74, 6) is 0. The number of aromatic nitrogens is 2. The smallest absolute Gasteiger partial charge is 0.187 e. The van der Waals surface area contributed by atoms with E-state index in [9.17, 15) is 4.79 Å². The highest BCUT2D eigenvalue weighted by atomic mass is 32.2. The second kappa shape index (κ2) is 4.90. The number of aldehydes is 1. The molecule has 1 heterocycles. The number of hydrogen-bond acceptors (Lipinski definition) is 4. The Balaban J connectivity index is 2.31. The molecular weight excluding hydrogens is 220 g/mol. The Morgan fingerprint density at radius 2 is 1.69 bits per heavy atom. The highest BCUT2D eigenvalue weighted by Gasteiger charge is 1.99. The van der Waals surface area contributed by atoms with E-state index >= 15 is 0 Å². The van der Waals surface area contributed by atoms with Gasteiger partial charge in [0.25, 0.3) is 0 Å². The van der Waals surface area contributed by atoms with E-state index in [4.69, 9.17) is 0 Å². The summed E-state index contributed by atoms with van der Waals surface area (Å²) in [6.07, 6.45) is 6.34. The Morgan fingerprint density at radius 3 is 2.19 bits per heavy atom. The average Bonchev–Trinajstić information content (AvgIpc) is 2.39. The van der Waals surface area contributed by atoms with Crippen molar-refractivity contribution < 1.29 is 4.79 Å². The normalized spacial score (nSPS) is 10.1. The molecule has 0 amide bonds. The lowest BCUT2D eigenvalue weighted by molar-refractivity contribution is 0.112. The summed E-state index contributed by atoms with van der Waals surface area (Å²) >= 11 is 1.51. The van der Waals surface area contributed by atoms with Crippen LogP contribution in [0.4, 0.5) is 0 Å². The number of carbonyl (C=O) groups excluding carboxylic acids is 1. The highest BCUT2D eigenvalue weighted by Crippen LogP contribution is 2.19. The number of rotatable bonds is 3. The summed E-state index contributed by atoms with van der Waals surface area (Å²) in [6.45, 7) is 0. The molecule has 16 heavy (non-hydrogen) atoms. The van der Waals surface area contributed by atoms with Crippen molar-refractivity contribution in [3.8, 4) is 11.1 Å². The first-order valence-corrected chi connectivity index (χ1v) is 5.97. The minimum atomic E-state index is 0.672. The molecule has 0 saturated carbocycles. The van der Waals surface area contributed by atoms with Gasteiger partial charge in [0.05, 0.1) is 0 Å². The Morgan fingerprint density at radius 1 is 1.06 bits per heavy atom. The standard InChI is InChI=1S/C12H10N2OS/c1-16-12-13-6-11(7-14-12)10-4-2-9(8-15)3-5-10/h2-8H,1H3. The minimum Gasteiger partial charge on any atom is -0.298 e. The van der Waals surface area contributed by atoms with Crippen molar-refractivity contribution in [2.75, 3.05) is 6.26 Å². The lowest BCUT2D eigenvalue weighted by Gasteiger charge is -2.01. The van der Waals surface area contributed by atoms with Crippen LogP contribution in [0.3, 0.4) is 0 Å². The molecule has 0 radical (unpaired) electrons. The predicted octanol–water partition coefficient (Wildman–Crippen LogP) is 2.68. The molecular formula is C12H10N2OS. The van der Waals surface area contributed by atoms with Gasteiger partial charge in [0.1, 0.15) is 6.29 Å². The van der Waals surface area contributed by atoms with Gasteiger partial charge in [-0.2, -0.15) is 0 Å². The third-order valence-electron chi connectivity index (χ3n) is 2.19. The zero-order valence-electron chi connectivity index (χ0n) is 8.75. The van der Waals surface area contributed by atoms with Gasteiger partial charge in [0.15, 0.2) is 5.16 Å². The zero-order valence-corrected chi connectivity index (χ0v) is 9.57. The van der Waals surface area contributed by atoms with Crippen LogP contribution in [0.2, 0.25) is 0 Å². The molecule has 4 heteroatoms. The van der Waals surface area contributed by atoms with Crippen LogP contribution in [-0.4, -0.2) is 22.5 Å². The van der Waals surface area contributed by atoms with E-state index in [0.717, 1.165) is 22.6 Å². The summed E-state index contributed by atoms with van der Waals surface area (Å²) in [5, 5.41) is 0.758. The third-order valence-corrected chi connectivity index (χ3v) is 2.77. The van der Waals surface area contributed by atoms with E-state index < -0.39 is 0 Å². The zero-order chi connectivity index (χ0) is 11.4. The van der Waals surface area contributed by atoms with Gasteiger partial charge >= 0.3 is 0 Å².